The summed E-state index contributed by atoms with van der Waals surface area (Å²) in [4.78, 5) is 23.6. The smallest absolute Gasteiger partial charge is 0.254 e. The number of amides is 2. The highest BCUT2D eigenvalue weighted by atomic mass is 19.1. The summed E-state index contributed by atoms with van der Waals surface area (Å²) in [6.07, 6.45) is 0.592. The quantitative estimate of drug-likeness (QED) is 0.610. The monoisotopic (exact) mass is 392 g/mol. The van der Waals surface area contributed by atoms with Crippen LogP contribution in [-0.2, 0) is 4.79 Å². The van der Waals surface area contributed by atoms with Crippen molar-refractivity contribution in [1.29, 1.82) is 0 Å². The first-order valence-electron chi connectivity index (χ1n) is 8.76. The van der Waals surface area contributed by atoms with Crippen LogP contribution in [0.5, 0.6) is 11.5 Å². The molecule has 0 bridgehead atoms. The largest absolute Gasteiger partial charge is 0.497 e. The van der Waals surface area contributed by atoms with Gasteiger partial charge in [0.15, 0.2) is 0 Å². The first-order valence-corrected chi connectivity index (χ1v) is 8.76. The summed E-state index contributed by atoms with van der Waals surface area (Å²) >= 11 is 0. The van der Waals surface area contributed by atoms with Crippen LogP contribution in [0, 0.1) is 11.6 Å². The second-order valence-electron chi connectivity index (χ2n) is 5.86. The molecule has 2 aromatic rings. The number of carbonyl (C=O) groups excluding carboxylic acids is 2. The highest BCUT2D eigenvalue weighted by Gasteiger charge is 2.12. The molecule has 150 valence electrons. The van der Waals surface area contributed by atoms with Crippen molar-refractivity contribution in [3.8, 4) is 11.5 Å². The fraction of sp³-hybridized carbons (Fsp3) is 0.300. The van der Waals surface area contributed by atoms with E-state index in [1.807, 2.05) is 0 Å². The molecule has 2 amide bonds. The average molecular weight is 392 g/mol. The average Bonchev–Trinajstić information content (AvgIpc) is 2.69. The van der Waals surface area contributed by atoms with Crippen molar-refractivity contribution >= 4 is 11.8 Å². The van der Waals surface area contributed by atoms with Crippen molar-refractivity contribution in [3.05, 3.63) is 59.7 Å². The molecule has 0 aliphatic carbocycles. The number of hydrogen-bond donors (Lipinski definition) is 2. The Morgan fingerprint density at radius 3 is 2.36 bits per heavy atom. The number of methoxy groups -OCH3 is 1. The van der Waals surface area contributed by atoms with Crippen LogP contribution in [0.4, 0.5) is 8.78 Å². The van der Waals surface area contributed by atoms with E-state index in [9.17, 15) is 18.4 Å². The third-order valence-corrected chi connectivity index (χ3v) is 3.79. The molecular formula is C20H22F2N2O4. The van der Waals surface area contributed by atoms with Gasteiger partial charge in [0.05, 0.1) is 19.2 Å². The fourth-order valence-electron chi connectivity index (χ4n) is 2.34. The van der Waals surface area contributed by atoms with Gasteiger partial charge in [-0.05, 0) is 42.8 Å². The molecule has 0 unspecified atom stereocenters. The van der Waals surface area contributed by atoms with E-state index >= 15 is 0 Å². The van der Waals surface area contributed by atoms with Crippen LogP contribution in [0.25, 0.3) is 0 Å². The molecule has 0 spiro atoms. The summed E-state index contributed by atoms with van der Waals surface area (Å²) in [5, 5.41) is 5.20. The molecule has 0 saturated carbocycles. The van der Waals surface area contributed by atoms with Gasteiger partial charge in [0.2, 0.25) is 5.91 Å². The topological polar surface area (TPSA) is 76.7 Å². The maximum atomic E-state index is 13.5. The molecular weight excluding hydrogens is 370 g/mol. The molecule has 0 heterocycles. The molecule has 2 aromatic carbocycles. The van der Waals surface area contributed by atoms with Crippen molar-refractivity contribution in [3.63, 3.8) is 0 Å². The van der Waals surface area contributed by atoms with Crippen molar-refractivity contribution in [2.75, 3.05) is 26.8 Å². The summed E-state index contributed by atoms with van der Waals surface area (Å²) < 4.78 is 36.9. The molecule has 0 atom stereocenters. The Kier molecular flexibility index (Phi) is 8.20. The number of benzene rings is 2. The zero-order valence-corrected chi connectivity index (χ0v) is 15.5. The Morgan fingerprint density at radius 1 is 0.964 bits per heavy atom. The van der Waals surface area contributed by atoms with Gasteiger partial charge in [0.25, 0.3) is 5.91 Å². The summed E-state index contributed by atoms with van der Waals surface area (Å²) in [6, 6.07) is 9.84. The number of hydrogen-bond acceptors (Lipinski definition) is 4. The third kappa shape index (κ3) is 6.86. The van der Waals surface area contributed by atoms with E-state index in [-0.39, 0.29) is 24.4 Å². The zero-order valence-electron chi connectivity index (χ0n) is 15.5. The standard InChI is InChI=1S/C20H22F2N2O4/c1-27-15-5-7-16(8-6-15)28-12-11-23-19(25)3-2-10-24-20(26)17-9-4-14(21)13-18(17)22/h4-9,13H,2-3,10-12H2,1H3,(H,23,25)(H,24,26). The maximum Gasteiger partial charge on any atom is 0.254 e. The highest BCUT2D eigenvalue weighted by molar-refractivity contribution is 5.94. The summed E-state index contributed by atoms with van der Waals surface area (Å²) in [6.45, 7) is 0.863. The Morgan fingerprint density at radius 2 is 1.68 bits per heavy atom. The maximum absolute atomic E-state index is 13.5. The molecule has 8 heteroatoms. The highest BCUT2D eigenvalue weighted by Crippen LogP contribution is 2.16. The molecule has 0 fully saturated rings. The molecule has 6 nitrogen and oxygen atoms in total. The van der Waals surface area contributed by atoms with Gasteiger partial charge in [0, 0.05) is 19.0 Å². The lowest BCUT2D eigenvalue weighted by molar-refractivity contribution is -0.121. The van der Waals surface area contributed by atoms with Crippen LogP contribution in [0.1, 0.15) is 23.2 Å². The van der Waals surface area contributed by atoms with Gasteiger partial charge in [-0.2, -0.15) is 0 Å². The molecule has 0 aromatic heterocycles. The van der Waals surface area contributed by atoms with E-state index in [2.05, 4.69) is 10.6 Å². The molecule has 0 aliphatic rings. The van der Waals surface area contributed by atoms with Gasteiger partial charge in [-0.15, -0.1) is 0 Å². The van der Waals surface area contributed by atoms with Crippen LogP contribution < -0.4 is 20.1 Å². The number of nitrogens with one attached hydrogen (secondary N) is 2. The van der Waals surface area contributed by atoms with Crippen LogP contribution in [-0.4, -0.2) is 38.6 Å². The second-order valence-corrected chi connectivity index (χ2v) is 5.86. The van der Waals surface area contributed by atoms with E-state index in [0.717, 1.165) is 17.9 Å². The van der Waals surface area contributed by atoms with Crippen LogP contribution >= 0.6 is 0 Å². The summed E-state index contributed by atoms with van der Waals surface area (Å²) in [5.41, 5.74) is -0.235. The van der Waals surface area contributed by atoms with Crippen LogP contribution in [0.15, 0.2) is 42.5 Å². The normalized spacial score (nSPS) is 10.2. The third-order valence-electron chi connectivity index (χ3n) is 3.79. The lowest BCUT2D eigenvalue weighted by Gasteiger charge is -2.09. The molecule has 2 N–H and O–H groups in total. The van der Waals surface area contributed by atoms with E-state index in [1.165, 1.54) is 0 Å². The van der Waals surface area contributed by atoms with Gasteiger partial charge in [-0.3, -0.25) is 9.59 Å². The number of ether oxygens (including phenoxy) is 2. The van der Waals surface area contributed by atoms with E-state index in [1.54, 1.807) is 31.4 Å². The van der Waals surface area contributed by atoms with E-state index < -0.39 is 17.5 Å². The van der Waals surface area contributed by atoms with Crippen molar-refractivity contribution in [2.45, 2.75) is 12.8 Å². The fourth-order valence-corrected chi connectivity index (χ4v) is 2.34. The Hall–Kier alpha value is -3.16. The first kappa shape index (κ1) is 21.1. The van der Waals surface area contributed by atoms with Gasteiger partial charge >= 0.3 is 0 Å². The molecule has 2 rings (SSSR count). The summed E-state index contributed by atoms with van der Waals surface area (Å²) in [5.74, 6) is -1.10. The van der Waals surface area contributed by atoms with E-state index in [4.69, 9.17) is 9.47 Å². The predicted octanol–water partition coefficient (Wildman–Crippen LogP) is 2.68. The Labute approximate surface area is 161 Å². The lowest BCUT2D eigenvalue weighted by Crippen LogP contribution is -2.30. The van der Waals surface area contributed by atoms with Crippen LogP contribution in [0.2, 0.25) is 0 Å². The van der Waals surface area contributed by atoms with Gasteiger partial charge in [-0.25, -0.2) is 8.78 Å². The number of halogens is 2. The van der Waals surface area contributed by atoms with Gasteiger partial charge in [-0.1, -0.05) is 0 Å². The minimum Gasteiger partial charge on any atom is -0.497 e. The Balaban J connectivity index is 1.57. The molecule has 0 aliphatic heterocycles. The predicted molar refractivity (Wildman–Crippen MR) is 99.4 cm³/mol. The number of rotatable bonds is 10. The first-order chi connectivity index (χ1) is 13.5. The van der Waals surface area contributed by atoms with Gasteiger partial charge in [0.1, 0.15) is 29.7 Å². The van der Waals surface area contributed by atoms with Crippen molar-refractivity contribution in [2.24, 2.45) is 0 Å². The SMILES string of the molecule is COc1ccc(OCCNC(=O)CCCNC(=O)c2ccc(F)cc2F)cc1. The van der Waals surface area contributed by atoms with Gasteiger partial charge < -0.3 is 20.1 Å². The minimum absolute atomic E-state index is 0.180. The van der Waals surface area contributed by atoms with Crippen molar-refractivity contribution < 1.29 is 27.8 Å². The Bertz CT molecular complexity index is 797. The molecule has 0 saturated heterocycles. The minimum atomic E-state index is -0.924. The molecule has 28 heavy (non-hydrogen) atoms. The summed E-state index contributed by atoms with van der Waals surface area (Å²) in [7, 11) is 1.58. The second kappa shape index (κ2) is 10.9. The van der Waals surface area contributed by atoms with E-state index in [0.29, 0.717) is 31.4 Å². The zero-order chi connectivity index (χ0) is 20.4. The van der Waals surface area contributed by atoms with Crippen LogP contribution in [0.3, 0.4) is 0 Å². The number of carbonyl (C=O) groups is 2. The van der Waals surface area contributed by atoms with Crippen molar-refractivity contribution in [1.82, 2.24) is 10.6 Å². The lowest BCUT2D eigenvalue weighted by atomic mass is 10.2. The molecule has 0 radical (unpaired) electrons.